The van der Waals surface area contributed by atoms with Gasteiger partial charge in [-0.05, 0) is 42.0 Å². The average Bonchev–Trinajstić information content (AvgIpc) is 2.55. The number of ether oxygens (including phenoxy) is 1. The average molecular weight is 413 g/mol. The second-order valence-electron chi connectivity index (χ2n) is 4.66. The van der Waals surface area contributed by atoms with E-state index in [2.05, 4.69) is 21.2 Å². The monoisotopic (exact) mass is 411 g/mol. The first-order valence-electron chi connectivity index (χ1n) is 6.79. The Kier molecular flexibility index (Phi) is 6.52. The SMILES string of the molecule is O=C(COC(=O)/C=C/c1ccc(Cl)cc1)Nc1ccc(Br)cc1F. The number of carbonyl (C=O) groups excluding carboxylic acids is 2. The molecule has 2 rings (SSSR count). The van der Waals surface area contributed by atoms with Gasteiger partial charge in [-0.1, -0.05) is 39.7 Å². The van der Waals surface area contributed by atoms with Gasteiger partial charge < -0.3 is 10.1 Å². The van der Waals surface area contributed by atoms with Gasteiger partial charge in [-0.3, -0.25) is 4.79 Å². The normalized spacial score (nSPS) is 10.6. The number of carbonyl (C=O) groups is 2. The van der Waals surface area contributed by atoms with Crippen LogP contribution >= 0.6 is 27.5 Å². The first-order valence-corrected chi connectivity index (χ1v) is 7.96. The first-order chi connectivity index (χ1) is 11.4. The molecule has 2 aromatic carbocycles. The number of amides is 1. The lowest BCUT2D eigenvalue weighted by Gasteiger charge is -2.06. The van der Waals surface area contributed by atoms with Gasteiger partial charge in [0.2, 0.25) is 0 Å². The fourth-order valence-electron chi connectivity index (χ4n) is 1.70. The largest absolute Gasteiger partial charge is 0.452 e. The van der Waals surface area contributed by atoms with Crippen LogP contribution in [0.25, 0.3) is 6.08 Å². The standard InChI is InChI=1S/C17H12BrClFNO3/c18-12-4-7-15(14(20)9-12)21-16(22)10-24-17(23)8-3-11-1-5-13(19)6-2-11/h1-9H,10H2,(H,21,22)/b8-3+. The third-order valence-corrected chi connectivity index (χ3v) is 3.58. The molecule has 0 saturated carbocycles. The van der Waals surface area contributed by atoms with E-state index in [1.165, 1.54) is 24.3 Å². The van der Waals surface area contributed by atoms with Crippen molar-refractivity contribution in [1.82, 2.24) is 0 Å². The number of benzene rings is 2. The summed E-state index contributed by atoms with van der Waals surface area (Å²) < 4.78 is 18.9. The van der Waals surface area contributed by atoms with Crippen LogP contribution in [0.2, 0.25) is 5.02 Å². The molecule has 0 bridgehead atoms. The molecule has 0 radical (unpaired) electrons. The molecule has 124 valence electrons. The van der Waals surface area contributed by atoms with E-state index in [4.69, 9.17) is 16.3 Å². The van der Waals surface area contributed by atoms with Gasteiger partial charge in [0.25, 0.3) is 5.91 Å². The summed E-state index contributed by atoms with van der Waals surface area (Å²) in [5.41, 5.74) is 0.772. The van der Waals surface area contributed by atoms with Gasteiger partial charge in [-0.25, -0.2) is 9.18 Å². The van der Waals surface area contributed by atoms with Crippen LogP contribution in [0.3, 0.4) is 0 Å². The Hall–Kier alpha value is -2.18. The van der Waals surface area contributed by atoms with Crippen LogP contribution < -0.4 is 5.32 Å². The molecule has 24 heavy (non-hydrogen) atoms. The summed E-state index contributed by atoms with van der Waals surface area (Å²) in [4.78, 5) is 23.2. The van der Waals surface area contributed by atoms with Gasteiger partial charge in [-0.15, -0.1) is 0 Å². The van der Waals surface area contributed by atoms with Crippen molar-refractivity contribution in [3.8, 4) is 0 Å². The molecule has 0 aliphatic rings. The molecule has 1 N–H and O–H groups in total. The summed E-state index contributed by atoms with van der Waals surface area (Å²) in [7, 11) is 0. The fourth-order valence-corrected chi connectivity index (χ4v) is 2.16. The van der Waals surface area contributed by atoms with Crippen LogP contribution in [0, 0.1) is 5.82 Å². The number of nitrogens with one attached hydrogen (secondary N) is 1. The molecule has 0 spiro atoms. The van der Waals surface area contributed by atoms with Gasteiger partial charge in [0.1, 0.15) is 5.82 Å². The maximum atomic E-state index is 13.6. The number of rotatable bonds is 5. The number of hydrogen-bond acceptors (Lipinski definition) is 3. The van der Waals surface area contributed by atoms with Crippen LogP contribution in [-0.2, 0) is 14.3 Å². The zero-order valence-corrected chi connectivity index (χ0v) is 14.6. The molecule has 0 heterocycles. The molecule has 0 fully saturated rings. The Morgan fingerprint density at radius 1 is 1.21 bits per heavy atom. The highest BCUT2D eigenvalue weighted by Crippen LogP contribution is 2.19. The lowest BCUT2D eigenvalue weighted by Crippen LogP contribution is -2.20. The van der Waals surface area contributed by atoms with E-state index >= 15 is 0 Å². The van der Waals surface area contributed by atoms with Crippen molar-refractivity contribution in [1.29, 1.82) is 0 Å². The van der Waals surface area contributed by atoms with Crippen LogP contribution in [0.4, 0.5) is 10.1 Å². The van der Waals surface area contributed by atoms with Crippen LogP contribution in [0.1, 0.15) is 5.56 Å². The van der Waals surface area contributed by atoms with Crippen molar-refractivity contribution >= 4 is 51.2 Å². The van der Waals surface area contributed by atoms with Gasteiger partial charge in [-0.2, -0.15) is 0 Å². The summed E-state index contributed by atoms with van der Waals surface area (Å²) >= 11 is 8.87. The molecule has 1 amide bonds. The van der Waals surface area contributed by atoms with Crippen molar-refractivity contribution < 1.29 is 18.7 Å². The van der Waals surface area contributed by atoms with E-state index < -0.39 is 24.3 Å². The summed E-state index contributed by atoms with van der Waals surface area (Å²) in [6.07, 6.45) is 2.72. The number of hydrogen-bond donors (Lipinski definition) is 1. The topological polar surface area (TPSA) is 55.4 Å². The van der Waals surface area contributed by atoms with Crippen molar-refractivity contribution in [3.63, 3.8) is 0 Å². The van der Waals surface area contributed by atoms with E-state index in [-0.39, 0.29) is 5.69 Å². The van der Waals surface area contributed by atoms with Crippen molar-refractivity contribution in [2.75, 3.05) is 11.9 Å². The highest BCUT2D eigenvalue weighted by molar-refractivity contribution is 9.10. The molecule has 0 aliphatic carbocycles. The molecule has 7 heteroatoms. The molecule has 0 aromatic heterocycles. The Morgan fingerprint density at radius 2 is 1.92 bits per heavy atom. The Morgan fingerprint density at radius 3 is 2.58 bits per heavy atom. The highest BCUT2D eigenvalue weighted by Gasteiger charge is 2.09. The zero-order valence-electron chi connectivity index (χ0n) is 12.3. The number of halogens is 3. The van der Waals surface area contributed by atoms with Gasteiger partial charge >= 0.3 is 5.97 Å². The van der Waals surface area contributed by atoms with Crippen molar-refractivity contribution in [2.45, 2.75) is 0 Å². The lowest BCUT2D eigenvalue weighted by molar-refractivity contribution is -0.142. The number of esters is 1. The van der Waals surface area contributed by atoms with E-state index in [1.54, 1.807) is 30.3 Å². The molecule has 2 aromatic rings. The van der Waals surface area contributed by atoms with Gasteiger partial charge in [0.15, 0.2) is 6.61 Å². The Labute approximate surface area is 151 Å². The van der Waals surface area contributed by atoms with Crippen molar-refractivity contribution in [2.24, 2.45) is 0 Å². The molecular formula is C17H12BrClFNO3. The highest BCUT2D eigenvalue weighted by atomic mass is 79.9. The number of anilines is 1. The van der Waals surface area contributed by atoms with Gasteiger partial charge in [0.05, 0.1) is 5.69 Å². The Balaban J connectivity index is 1.82. The zero-order chi connectivity index (χ0) is 17.5. The summed E-state index contributed by atoms with van der Waals surface area (Å²) in [6.45, 7) is -0.515. The summed E-state index contributed by atoms with van der Waals surface area (Å²) in [5, 5.41) is 2.91. The minimum Gasteiger partial charge on any atom is -0.452 e. The first kappa shape index (κ1) is 18.2. The van der Waals surface area contributed by atoms with Crippen LogP contribution in [0.5, 0.6) is 0 Å². The minimum atomic E-state index is -0.684. The third kappa shape index (κ3) is 5.79. The van der Waals surface area contributed by atoms with E-state index in [9.17, 15) is 14.0 Å². The minimum absolute atomic E-state index is 0.0101. The third-order valence-electron chi connectivity index (χ3n) is 2.83. The fraction of sp³-hybridized carbons (Fsp3) is 0.0588. The van der Waals surface area contributed by atoms with Gasteiger partial charge in [0, 0.05) is 15.6 Å². The molecule has 0 aliphatic heterocycles. The Bertz CT molecular complexity index is 778. The molecule has 4 nitrogen and oxygen atoms in total. The predicted octanol–water partition coefficient (Wildman–Crippen LogP) is 4.44. The second kappa shape index (κ2) is 8.61. The maximum absolute atomic E-state index is 13.6. The van der Waals surface area contributed by atoms with Crippen LogP contribution in [0.15, 0.2) is 53.0 Å². The molecule has 0 saturated heterocycles. The smallest absolute Gasteiger partial charge is 0.331 e. The van der Waals surface area contributed by atoms with E-state index in [0.29, 0.717) is 9.50 Å². The maximum Gasteiger partial charge on any atom is 0.331 e. The second-order valence-corrected chi connectivity index (χ2v) is 6.02. The van der Waals surface area contributed by atoms with Crippen molar-refractivity contribution in [3.05, 3.63) is 69.4 Å². The summed E-state index contributed by atoms with van der Waals surface area (Å²) in [6, 6.07) is 11.0. The lowest BCUT2D eigenvalue weighted by atomic mass is 10.2. The van der Waals surface area contributed by atoms with Crippen LogP contribution in [-0.4, -0.2) is 18.5 Å². The van der Waals surface area contributed by atoms with E-state index in [1.807, 2.05) is 0 Å². The molecule has 0 atom stereocenters. The quantitative estimate of drug-likeness (QED) is 0.583. The predicted molar refractivity (Wildman–Crippen MR) is 94.2 cm³/mol. The van der Waals surface area contributed by atoms with E-state index in [0.717, 1.165) is 5.56 Å². The molecular weight excluding hydrogens is 401 g/mol. The summed E-state index contributed by atoms with van der Waals surface area (Å²) in [5.74, 6) is -1.91. The molecule has 0 unspecified atom stereocenters.